The number of hydrogen-bond donors (Lipinski definition) is 6. The van der Waals surface area contributed by atoms with Crippen LogP contribution in [0.1, 0.15) is 52.4 Å². The number of fused-ring (bicyclic) bond motifs is 1. The second-order valence-electron chi connectivity index (χ2n) is 9.25. The fraction of sp³-hybridized carbons (Fsp3) is 0.542. The summed E-state index contributed by atoms with van der Waals surface area (Å²) in [5.41, 5.74) is -1.30. The van der Waals surface area contributed by atoms with Crippen LogP contribution < -0.4 is 15.5 Å². The van der Waals surface area contributed by atoms with Crippen molar-refractivity contribution in [1.82, 2.24) is 15.6 Å². The van der Waals surface area contributed by atoms with E-state index in [-0.39, 0.29) is 25.5 Å². The van der Waals surface area contributed by atoms with Gasteiger partial charge in [-0.15, -0.1) is 0 Å². The monoisotopic (exact) mass is 622 g/mol. The van der Waals surface area contributed by atoms with Crippen molar-refractivity contribution < 1.29 is 43.0 Å². The quantitative estimate of drug-likeness (QED) is 0.117. The molecule has 0 aliphatic carbocycles. The molecule has 0 aliphatic rings. The van der Waals surface area contributed by atoms with Gasteiger partial charge in [0.15, 0.2) is 0 Å². The van der Waals surface area contributed by atoms with Crippen LogP contribution in [0, 0.1) is 0 Å². The molecule has 6 N–H and O–H groups in total. The van der Waals surface area contributed by atoms with E-state index in [1.165, 1.54) is 0 Å². The van der Waals surface area contributed by atoms with Crippen LogP contribution in [0.15, 0.2) is 30.5 Å². The van der Waals surface area contributed by atoms with Gasteiger partial charge in [-0.2, -0.15) is 0 Å². The van der Waals surface area contributed by atoms with E-state index >= 15 is 0 Å². The Bertz CT molecular complexity index is 1220. The van der Waals surface area contributed by atoms with Crippen molar-refractivity contribution in [2.75, 3.05) is 24.6 Å². The summed E-state index contributed by atoms with van der Waals surface area (Å²) in [4.78, 5) is 67.6. The largest absolute Gasteiger partial charge is 0.449 e. The van der Waals surface area contributed by atoms with E-state index in [9.17, 15) is 18.7 Å². The van der Waals surface area contributed by atoms with Crippen LogP contribution in [0.3, 0.4) is 0 Å². The van der Waals surface area contributed by atoms with Crippen LogP contribution in [-0.4, -0.2) is 67.8 Å². The molecule has 2 amide bonds. The number of aromatic nitrogens is 1. The molecule has 0 bridgehead atoms. The van der Waals surface area contributed by atoms with Gasteiger partial charge in [-0.1, -0.05) is 18.5 Å². The molecular weight excluding hydrogens is 586 g/mol. The molecule has 1 aromatic heterocycles. The zero-order valence-electron chi connectivity index (χ0n) is 22.4. The number of pyridine rings is 1. The number of benzene rings is 1. The van der Waals surface area contributed by atoms with E-state index in [2.05, 4.69) is 10.3 Å². The number of carbonyl (C=O) groups is 2. The van der Waals surface area contributed by atoms with Crippen LogP contribution >= 0.6 is 26.8 Å². The fourth-order valence-corrected chi connectivity index (χ4v) is 6.39. The first kappa shape index (κ1) is 34.1. The third-order valence-corrected chi connectivity index (χ3v) is 9.58. The summed E-state index contributed by atoms with van der Waals surface area (Å²) in [6.07, 6.45) is 3.49. The number of halogens is 1. The zero-order valence-corrected chi connectivity index (χ0v) is 24.9. The van der Waals surface area contributed by atoms with Crippen LogP contribution in [0.5, 0.6) is 0 Å². The number of unbranched alkanes of at least 4 members (excludes halogenated alkanes) is 2. The van der Waals surface area contributed by atoms with Gasteiger partial charge in [0.25, 0.3) is 0 Å². The molecule has 16 heteroatoms. The highest BCUT2D eigenvalue weighted by Gasteiger charge is 2.44. The van der Waals surface area contributed by atoms with Gasteiger partial charge in [0.1, 0.15) is 0 Å². The average Bonchev–Trinajstić information content (AvgIpc) is 2.86. The number of ether oxygens (including phenoxy) is 1. The molecule has 0 saturated carbocycles. The first-order chi connectivity index (χ1) is 18.8. The molecule has 40 heavy (non-hydrogen) atoms. The van der Waals surface area contributed by atoms with Crippen molar-refractivity contribution in [3.05, 3.63) is 35.5 Å². The SMILES string of the molecule is CCNCCCC(C)N(C(=O)OCCCCCC(=O)NC(P(=O)(O)O)P(=O)(O)O)c1ccnc2cc(Cl)ccc12. The minimum absolute atomic E-state index is 0.0590. The Morgan fingerprint density at radius 2 is 1.77 bits per heavy atom. The number of hydrogen-bond acceptors (Lipinski definition) is 7. The molecule has 1 unspecified atom stereocenters. The molecule has 1 heterocycles. The van der Waals surface area contributed by atoms with Crippen molar-refractivity contribution in [1.29, 1.82) is 0 Å². The van der Waals surface area contributed by atoms with Gasteiger partial charge in [-0.05, 0) is 76.4 Å². The second kappa shape index (κ2) is 15.8. The summed E-state index contributed by atoms with van der Waals surface area (Å²) in [5.74, 6) is -0.907. The minimum atomic E-state index is -5.26. The van der Waals surface area contributed by atoms with Crippen molar-refractivity contribution >= 4 is 55.4 Å². The molecule has 2 rings (SSSR count). The van der Waals surface area contributed by atoms with Gasteiger partial charge in [0, 0.05) is 29.1 Å². The molecule has 1 atom stereocenters. The van der Waals surface area contributed by atoms with Crippen molar-refractivity contribution in [3.63, 3.8) is 0 Å². The molecule has 0 fully saturated rings. The lowest BCUT2D eigenvalue weighted by Crippen LogP contribution is -2.40. The van der Waals surface area contributed by atoms with Crippen LogP contribution in [0.2, 0.25) is 5.02 Å². The van der Waals surface area contributed by atoms with E-state index < -0.39 is 32.7 Å². The van der Waals surface area contributed by atoms with Crippen molar-refractivity contribution in [3.8, 4) is 0 Å². The highest BCUT2D eigenvalue weighted by atomic mass is 35.5. The number of nitrogens with zero attached hydrogens (tertiary/aromatic N) is 2. The van der Waals surface area contributed by atoms with Crippen molar-refractivity contribution in [2.24, 2.45) is 0 Å². The normalized spacial score (nSPS) is 12.9. The first-order valence-corrected chi connectivity index (χ1v) is 16.6. The van der Waals surface area contributed by atoms with E-state index in [1.54, 1.807) is 40.7 Å². The van der Waals surface area contributed by atoms with Gasteiger partial charge in [-0.25, -0.2) is 4.79 Å². The van der Waals surface area contributed by atoms with E-state index in [0.717, 1.165) is 31.3 Å². The number of carbonyl (C=O) groups excluding carboxylic acids is 2. The maximum absolute atomic E-state index is 13.3. The van der Waals surface area contributed by atoms with Crippen molar-refractivity contribution in [2.45, 2.75) is 63.9 Å². The first-order valence-electron chi connectivity index (χ1n) is 12.9. The Morgan fingerprint density at radius 1 is 1.07 bits per heavy atom. The van der Waals surface area contributed by atoms with Gasteiger partial charge in [0.2, 0.25) is 11.4 Å². The van der Waals surface area contributed by atoms with Crippen LogP contribution in [0.4, 0.5) is 10.5 Å². The van der Waals surface area contributed by atoms with Crippen LogP contribution in [-0.2, 0) is 18.7 Å². The number of amides is 2. The molecule has 0 saturated heterocycles. The lowest BCUT2D eigenvalue weighted by Gasteiger charge is -2.29. The Labute approximate surface area is 238 Å². The van der Waals surface area contributed by atoms with E-state index in [4.69, 9.17) is 35.9 Å². The standard InChI is InChI=1S/C24H37ClN4O9P2/c1-3-26-13-7-8-17(2)29(21-12-14-27-20-16-18(25)10-11-19(20)21)24(31)38-15-6-4-5-9-22(30)28-23(39(32,33)34)40(35,36)37/h10-12,14,16-17,23,26H,3-9,13,15H2,1-2H3,(H,28,30)(H2,32,33,34)(H2,35,36,37). The van der Waals surface area contributed by atoms with Crippen LogP contribution in [0.25, 0.3) is 10.9 Å². The smallest absolute Gasteiger partial charge is 0.414 e. The van der Waals surface area contributed by atoms with E-state index in [0.29, 0.717) is 29.1 Å². The minimum Gasteiger partial charge on any atom is -0.449 e. The highest BCUT2D eigenvalue weighted by molar-refractivity contribution is 7.70. The molecule has 0 spiro atoms. The average molecular weight is 623 g/mol. The van der Waals surface area contributed by atoms with Gasteiger partial charge >= 0.3 is 21.3 Å². The summed E-state index contributed by atoms with van der Waals surface area (Å²) < 4.78 is 28.1. The summed E-state index contributed by atoms with van der Waals surface area (Å²) in [6.45, 7) is 5.69. The molecule has 1 aromatic carbocycles. The Kier molecular flexibility index (Phi) is 13.5. The number of anilines is 1. The molecule has 13 nitrogen and oxygen atoms in total. The molecule has 2 aromatic rings. The van der Waals surface area contributed by atoms with Gasteiger partial charge in [-0.3, -0.25) is 23.8 Å². The maximum atomic E-state index is 13.3. The predicted molar refractivity (Wildman–Crippen MR) is 152 cm³/mol. The van der Waals surface area contributed by atoms with Gasteiger partial charge in [0.05, 0.1) is 17.8 Å². The summed E-state index contributed by atoms with van der Waals surface area (Å²) >= 11 is 6.12. The third kappa shape index (κ3) is 10.7. The lowest BCUT2D eigenvalue weighted by atomic mass is 10.1. The Balaban J connectivity index is 1.97. The number of rotatable bonds is 16. The molecule has 0 radical (unpaired) electrons. The highest BCUT2D eigenvalue weighted by Crippen LogP contribution is 2.58. The molecule has 0 aliphatic heterocycles. The van der Waals surface area contributed by atoms with Gasteiger partial charge < -0.3 is 34.9 Å². The lowest BCUT2D eigenvalue weighted by molar-refractivity contribution is -0.121. The summed E-state index contributed by atoms with van der Waals surface area (Å²) in [6, 6.07) is 6.82. The molecular formula is C24H37ClN4O9P2. The Morgan fingerprint density at radius 3 is 2.42 bits per heavy atom. The summed E-state index contributed by atoms with van der Waals surface area (Å²) in [5, 5.41) is 6.26. The zero-order chi connectivity index (χ0) is 29.9. The third-order valence-electron chi connectivity index (χ3n) is 6.01. The predicted octanol–water partition coefficient (Wildman–Crippen LogP) is 3.93. The maximum Gasteiger partial charge on any atom is 0.414 e. The number of nitrogens with one attached hydrogen (secondary N) is 2. The second-order valence-corrected chi connectivity index (χ2v) is 13.5. The molecule has 224 valence electrons. The summed E-state index contributed by atoms with van der Waals surface area (Å²) in [7, 11) is -10.5. The Hall–Kier alpha value is -2.08. The topological polar surface area (TPSA) is 199 Å². The fourth-order valence-electron chi connectivity index (χ4n) is 4.03. The van der Waals surface area contributed by atoms with E-state index in [1.807, 2.05) is 13.8 Å².